The van der Waals surface area contributed by atoms with Crippen LogP contribution in [-0.4, -0.2) is 38.4 Å². The summed E-state index contributed by atoms with van der Waals surface area (Å²) in [5.74, 6) is 1.12. The molecule has 0 saturated carbocycles. The normalized spacial score (nSPS) is 11.1. The molecule has 0 radical (unpaired) electrons. The van der Waals surface area contributed by atoms with Crippen LogP contribution in [0.4, 0.5) is 10.2 Å². The van der Waals surface area contributed by atoms with E-state index in [1.54, 1.807) is 25.7 Å². The number of anilines is 1. The zero-order valence-corrected chi connectivity index (χ0v) is 18.3. The van der Waals surface area contributed by atoms with Crippen LogP contribution < -0.4 is 10.1 Å². The van der Waals surface area contributed by atoms with Gasteiger partial charge in [0, 0.05) is 42.0 Å². The van der Waals surface area contributed by atoms with Crippen LogP contribution in [0.5, 0.6) is 5.75 Å². The molecular formula is C25H23FN6O. The van der Waals surface area contributed by atoms with Gasteiger partial charge in [-0.25, -0.2) is 14.4 Å². The Hall–Kier alpha value is -4.20. The van der Waals surface area contributed by atoms with Gasteiger partial charge in [-0.15, -0.1) is 0 Å². The molecule has 2 aromatic carbocycles. The Morgan fingerprint density at radius 3 is 2.61 bits per heavy atom. The maximum atomic E-state index is 14.6. The topological polar surface area (TPSA) is 80.6 Å². The van der Waals surface area contributed by atoms with Crippen molar-refractivity contribution < 1.29 is 9.13 Å². The lowest BCUT2D eigenvalue weighted by molar-refractivity contribution is 0.419. The molecule has 166 valence electrons. The average molecular weight is 442 g/mol. The van der Waals surface area contributed by atoms with E-state index in [1.807, 2.05) is 54.0 Å². The lowest BCUT2D eigenvalue weighted by atomic mass is 10.1. The minimum Gasteiger partial charge on any atom is -0.496 e. The molecule has 0 amide bonds. The van der Waals surface area contributed by atoms with Crippen LogP contribution in [0.2, 0.25) is 0 Å². The Labute approximate surface area is 190 Å². The highest BCUT2D eigenvalue weighted by Crippen LogP contribution is 2.31. The number of halogens is 1. The first kappa shape index (κ1) is 20.7. The Morgan fingerprint density at radius 1 is 1.03 bits per heavy atom. The van der Waals surface area contributed by atoms with Gasteiger partial charge in [0.15, 0.2) is 0 Å². The SMILES string of the molecule is COc1ccc(F)c2c1cc(C)n2CCNc1cc(-c2ccc(-c3ccn[nH]3)cc2)ncn1. The standard InChI is InChI=1S/C25H23FN6O/c1-16-13-19-23(33-2)8-7-20(26)25(19)32(16)12-11-27-24-14-22(28-15-29-24)18-5-3-17(4-6-18)21-9-10-30-31-21/h3-10,13-15H,11-12H2,1-2H3,(H,30,31)(H,27,28,29). The number of methoxy groups -OCH3 is 1. The summed E-state index contributed by atoms with van der Waals surface area (Å²) in [6.07, 6.45) is 3.27. The minimum atomic E-state index is -0.262. The van der Waals surface area contributed by atoms with Crippen LogP contribution in [0.1, 0.15) is 5.69 Å². The predicted molar refractivity (Wildman–Crippen MR) is 127 cm³/mol. The molecule has 0 saturated heterocycles. The van der Waals surface area contributed by atoms with Crippen molar-refractivity contribution in [2.75, 3.05) is 19.0 Å². The third-order valence-corrected chi connectivity index (χ3v) is 5.70. The zero-order chi connectivity index (χ0) is 22.8. The average Bonchev–Trinajstić information content (AvgIpc) is 3.49. The molecule has 0 aliphatic rings. The molecule has 5 aromatic rings. The van der Waals surface area contributed by atoms with Crippen LogP contribution in [0, 0.1) is 12.7 Å². The lowest BCUT2D eigenvalue weighted by Gasteiger charge is -2.12. The molecule has 3 heterocycles. The summed E-state index contributed by atoms with van der Waals surface area (Å²) >= 11 is 0. The number of rotatable bonds is 7. The van der Waals surface area contributed by atoms with Gasteiger partial charge in [0.25, 0.3) is 0 Å². The molecule has 3 aromatic heterocycles. The molecule has 0 spiro atoms. The van der Waals surface area contributed by atoms with Crippen molar-refractivity contribution in [1.82, 2.24) is 24.7 Å². The molecule has 0 bridgehead atoms. The molecule has 0 aliphatic heterocycles. The number of nitrogens with zero attached hydrogens (tertiary/aromatic N) is 4. The van der Waals surface area contributed by atoms with Gasteiger partial charge >= 0.3 is 0 Å². The van der Waals surface area contributed by atoms with Gasteiger partial charge in [0.05, 0.1) is 24.0 Å². The number of H-pyrrole nitrogens is 1. The third-order valence-electron chi connectivity index (χ3n) is 5.70. The van der Waals surface area contributed by atoms with Crippen LogP contribution in [-0.2, 0) is 6.54 Å². The van der Waals surface area contributed by atoms with Crippen LogP contribution >= 0.6 is 0 Å². The maximum Gasteiger partial charge on any atom is 0.147 e. The second-order valence-corrected chi connectivity index (χ2v) is 7.71. The van der Waals surface area contributed by atoms with Crippen molar-refractivity contribution in [2.24, 2.45) is 0 Å². The maximum absolute atomic E-state index is 14.6. The van der Waals surface area contributed by atoms with E-state index < -0.39 is 0 Å². The highest BCUT2D eigenvalue weighted by atomic mass is 19.1. The van der Waals surface area contributed by atoms with E-state index in [1.165, 1.54) is 6.07 Å². The predicted octanol–water partition coefficient (Wildman–Crippen LogP) is 5.06. The van der Waals surface area contributed by atoms with Crippen molar-refractivity contribution in [3.63, 3.8) is 0 Å². The first-order chi connectivity index (χ1) is 16.1. The van der Waals surface area contributed by atoms with Gasteiger partial charge in [-0.3, -0.25) is 5.10 Å². The number of benzene rings is 2. The van der Waals surface area contributed by atoms with Gasteiger partial charge in [0.1, 0.15) is 23.7 Å². The molecule has 0 atom stereocenters. The Kier molecular flexibility index (Phi) is 5.48. The summed E-state index contributed by atoms with van der Waals surface area (Å²) in [7, 11) is 1.60. The molecule has 5 rings (SSSR count). The summed E-state index contributed by atoms with van der Waals surface area (Å²) in [5.41, 5.74) is 5.35. The number of fused-ring (bicyclic) bond motifs is 1. The molecule has 0 aliphatic carbocycles. The first-order valence-electron chi connectivity index (χ1n) is 10.6. The van der Waals surface area contributed by atoms with Gasteiger partial charge in [0.2, 0.25) is 0 Å². The van der Waals surface area contributed by atoms with Gasteiger partial charge < -0.3 is 14.6 Å². The van der Waals surface area contributed by atoms with Crippen LogP contribution in [0.25, 0.3) is 33.4 Å². The van der Waals surface area contributed by atoms with Crippen LogP contribution in [0.3, 0.4) is 0 Å². The number of nitrogens with one attached hydrogen (secondary N) is 2. The van der Waals surface area contributed by atoms with Crippen molar-refractivity contribution in [1.29, 1.82) is 0 Å². The molecule has 7 nitrogen and oxygen atoms in total. The fourth-order valence-electron chi connectivity index (χ4n) is 4.05. The van der Waals surface area contributed by atoms with E-state index in [0.29, 0.717) is 30.2 Å². The van der Waals surface area contributed by atoms with E-state index in [0.717, 1.165) is 33.6 Å². The van der Waals surface area contributed by atoms with Gasteiger partial charge in [-0.2, -0.15) is 5.10 Å². The summed E-state index contributed by atoms with van der Waals surface area (Å²) in [5, 5.41) is 11.1. The number of ether oxygens (including phenoxy) is 1. The monoisotopic (exact) mass is 442 g/mol. The zero-order valence-electron chi connectivity index (χ0n) is 18.3. The van der Waals surface area contributed by atoms with E-state index in [-0.39, 0.29) is 5.82 Å². The van der Waals surface area contributed by atoms with E-state index in [4.69, 9.17) is 4.74 Å². The van der Waals surface area contributed by atoms with E-state index in [9.17, 15) is 4.39 Å². The van der Waals surface area contributed by atoms with Crippen molar-refractivity contribution in [2.45, 2.75) is 13.5 Å². The van der Waals surface area contributed by atoms with Crippen molar-refractivity contribution in [3.05, 3.63) is 78.6 Å². The number of hydrogen-bond donors (Lipinski definition) is 2. The largest absolute Gasteiger partial charge is 0.496 e. The number of aryl methyl sites for hydroxylation is 1. The Bertz CT molecular complexity index is 1390. The summed E-state index contributed by atoms with van der Waals surface area (Å²) in [6.45, 7) is 3.13. The fourth-order valence-corrected chi connectivity index (χ4v) is 4.05. The Morgan fingerprint density at radius 2 is 1.85 bits per heavy atom. The van der Waals surface area contributed by atoms with E-state index >= 15 is 0 Å². The summed E-state index contributed by atoms with van der Waals surface area (Å²) in [4.78, 5) is 8.74. The third kappa shape index (κ3) is 4.03. The number of aromatic amines is 1. The van der Waals surface area contributed by atoms with Gasteiger partial charge in [-0.05, 0) is 36.8 Å². The van der Waals surface area contributed by atoms with Crippen molar-refractivity contribution >= 4 is 16.7 Å². The van der Waals surface area contributed by atoms with Crippen molar-refractivity contribution in [3.8, 4) is 28.3 Å². The number of hydrogen-bond acceptors (Lipinski definition) is 5. The number of aromatic nitrogens is 5. The van der Waals surface area contributed by atoms with Crippen LogP contribution in [0.15, 0.2) is 67.1 Å². The highest BCUT2D eigenvalue weighted by molar-refractivity contribution is 5.88. The smallest absolute Gasteiger partial charge is 0.147 e. The molecule has 2 N–H and O–H groups in total. The fraction of sp³-hybridized carbons (Fsp3) is 0.160. The highest BCUT2D eigenvalue weighted by Gasteiger charge is 2.14. The molecule has 8 heteroatoms. The quantitative estimate of drug-likeness (QED) is 0.368. The summed E-state index contributed by atoms with van der Waals surface area (Å²) in [6, 6.07) is 17.0. The lowest BCUT2D eigenvalue weighted by Crippen LogP contribution is -2.13. The molecule has 33 heavy (non-hydrogen) atoms. The minimum absolute atomic E-state index is 0.262. The second-order valence-electron chi connectivity index (χ2n) is 7.71. The molecule has 0 fully saturated rings. The molecule has 0 unspecified atom stereocenters. The molecular weight excluding hydrogens is 419 g/mol. The second kappa shape index (κ2) is 8.74. The van der Waals surface area contributed by atoms with E-state index in [2.05, 4.69) is 25.5 Å². The first-order valence-corrected chi connectivity index (χ1v) is 10.6. The summed E-state index contributed by atoms with van der Waals surface area (Å²) < 4.78 is 21.9. The Balaban J connectivity index is 1.31. The van der Waals surface area contributed by atoms with Gasteiger partial charge in [-0.1, -0.05) is 24.3 Å².